The molecule has 0 aliphatic rings. The number of amides is 1. The number of rotatable bonds is 8. The quantitative estimate of drug-likeness (QED) is 0.288. The second-order valence-corrected chi connectivity index (χ2v) is 3.75. The molecule has 2 atom stereocenters. The molecule has 114 valence electrons. The van der Waals surface area contributed by atoms with E-state index in [0.717, 1.165) is 13.8 Å². The first kappa shape index (κ1) is 17.8. The number of esters is 1. The normalized spacial score (nSPS) is 13.2. The molecule has 0 aromatic rings. The van der Waals surface area contributed by atoms with E-state index in [-0.39, 0.29) is 0 Å². The number of ether oxygens (including phenoxy) is 1. The van der Waals surface area contributed by atoms with Crippen molar-refractivity contribution in [1.29, 1.82) is 0 Å². The zero-order chi connectivity index (χ0) is 15.9. The topological polar surface area (TPSA) is 153 Å². The van der Waals surface area contributed by atoms with Gasteiger partial charge >= 0.3 is 17.9 Å². The fourth-order valence-corrected chi connectivity index (χ4v) is 1.20. The largest absolute Gasteiger partial charge is 0.480 e. The van der Waals surface area contributed by atoms with Crippen molar-refractivity contribution in [2.45, 2.75) is 25.9 Å². The summed E-state index contributed by atoms with van der Waals surface area (Å²) in [5.74, 6) is -4.53. The Morgan fingerprint density at radius 2 is 1.70 bits per heavy atom. The van der Waals surface area contributed by atoms with Crippen LogP contribution in [0.15, 0.2) is 0 Å². The van der Waals surface area contributed by atoms with E-state index in [9.17, 15) is 19.2 Å². The molecule has 0 aliphatic carbocycles. The maximum atomic E-state index is 11.3. The Bertz CT molecular complexity index is 397. The number of carbonyl (C=O) groups excluding carboxylic acids is 2. The van der Waals surface area contributed by atoms with Crippen LogP contribution < -0.4 is 5.43 Å². The maximum Gasteiger partial charge on any atom is 0.330 e. The molecule has 0 radical (unpaired) electrons. The molecule has 10 heteroatoms. The summed E-state index contributed by atoms with van der Waals surface area (Å²) >= 11 is 0. The first-order valence-corrected chi connectivity index (χ1v) is 5.46. The number of carboxylic acid groups (broad SMARTS) is 2. The number of hydrogen-bond donors (Lipinski definition) is 4. The molecule has 0 saturated heterocycles. The first-order chi connectivity index (χ1) is 9.20. The van der Waals surface area contributed by atoms with Gasteiger partial charge in [-0.25, -0.2) is 10.2 Å². The maximum absolute atomic E-state index is 11.3. The SMILES string of the molecule is CC(=O)OC[C@H](NN(C(C)=O)[C@@H](CO)C(=O)O)C(=O)O. The fourth-order valence-electron chi connectivity index (χ4n) is 1.20. The summed E-state index contributed by atoms with van der Waals surface area (Å²) in [4.78, 5) is 43.8. The Hall–Kier alpha value is -2.20. The zero-order valence-electron chi connectivity index (χ0n) is 10.9. The van der Waals surface area contributed by atoms with Crippen LogP contribution >= 0.6 is 0 Å². The highest BCUT2D eigenvalue weighted by Gasteiger charge is 2.31. The van der Waals surface area contributed by atoms with Gasteiger partial charge in [-0.15, -0.1) is 0 Å². The minimum absolute atomic E-state index is 0.463. The Balaban J connectivity index is 5.00. The van der Waals surface area contributed by atoms with E-state index in [2.05, 4.69) is 10.2 Å². The Labute approximate surface area is 113 Å². The Kier molecular flexibility index (Phi) is 7.18. The van der Waals surface area contributed by atoms with Crippen LogP contribution in [0.5, 0.6) is 0 Å². The first-order valence-electron chi connectivity index (χ1n) is 5.46. The lowest BCUT2D eigenvalue weighted by molar-refractivity contribution is -0.160. The van der Waals surface area contributed by atoms with Crippen molar-refractivity contribution in [2.24, 2.45) is 0 Å². The number of hydrazine groups is 1. The monoisotopic (exact) mass is 292 g/mol. The molecule has 0 aromatic carbocycles. The molecule has 1 amide bonds. The van der Waals surface area contributed by atoms with Crippen molar-refractivity contribution in [3.05, 3.63) is 0 Å². The van der Waals surface area contributed by atoms with E-state index >= 15 is 0 Å². The highest BCUT2D eigenvalue weighted by molar-refractivity contribution is 5.82. The van der Waals surface area contributed by atoms with E-state index < -0.39 is 49.1 Å². The van der Waals surface area contributed by atoms with Crippen molar-refractivity contribution in [2.75, 3.05) is 13.2 Å². The predicted octanol–water partition coefficient (Wildman–Crippen LogP) is -2.20. The van der Waals surface area contributed by atoms with E-state index in [1.165, 1.54) is 0 Å². The standard InChI is InChI=1S/C10H16N2O8/c1-5(14)12(8(3-13)10(18)19)11-7(9(16)17)4-20-6(2)15/h7-8,11,13H,3-4H2,1-2H3,(H,16,17)(H,18,19)/t7-,8-/m0/s1. The van der Waals surface area contributed by atoms with Gasteiger partial charge in [0.15, 0.2) is 12.1 Å². The van der Waals surface area contributed by atoms with Gasteiger partial charge in [0.1, 0.15) is 6.61 Å². The molecule has 0 rings (SSSR count). The van der Waals surface area contributed by atoms with Crippen LogP contribution in [0.2, 0.25) is 0 Å². The third-order valence-corrected chi connectivity index (χ3v) is 2.16. The van der Waals surface area contributed by atoms with Gasteiger partial charge in [0.2, 0.25) is 5.91 Å². The highest BCUT2D eigenvalue weighted by Crippen LogP contribution is 2.00. The fraction of sp³-hybridized carbons (Fsp3) is 0.600. The van der Waals surface area contributed by atoms with Gasteiger partial charge in [0, 0.05) is 13.8 Å². The average molecular weight is 292 g/mol. The van der Waals surface area contributed by atoms with Crippen LogP contribution in [0, 0.1) is 0 Å². The van der Waals surface area contributed by atoms with Crippen LogP contribution in [-0.4, -0.2) is 69.4 Å². The molecular weight excluding hydrogens is 276 g/mol. The summed E-state index contributed by atoms with van der Waals surface area (Å²) in [6.45, 7) is 0.535. The van der Waals surface area contributed by atoms with Gasteiger partial charge in [-0.05, 0) is 0 Å². The van der Waals surface area contributed by atoms with E-state index in [4.69, 9.17) is 15.3 Å². The van der Waals surface area contributed by atoms with E-state index in [0.29, 0.717) is 5.01 Å². The van der Waals surface area contributed by atoms with Crippen LogP contribution in [0.1, 0.15) is 13.8 Å². The molecule has 0 spiro atoms. The molecule has 4 N–H and O–H groups in total. The molecule has 0 saturated carbocycles. The summed E-state index contributed by atoms with van der Waals surface area (Å²) in [6.07, 6.45) is 0. The summed E-state index contributed by atoms with van der Waals surface area (Å²) in [5, 5.41) is 27.1. The van der Waals surface area contributed by atoms with Gasteiger partial charge in [-0.3, -0.25) is 19.4 Å². The number of hydrogen-bond acceptors (Lipinski definition) is 7. The number of aliphatic hydroxyl groups excluding tert-OH is 1. The van der Waals surface area contributed by atoms with Crippen LogP contribution in [0.3, 0.4) is 0 Å². The van der Waals surface area contributed by atoms with Crippen molar-refractivity contribution in [1.82, 2.24) is 10.4 Å². The number of nitrogens with zero attached hydrogens (tertiary/aromatic N) is 1. The molecule has 0 bridgehead atoms. The number of carbonyl (C=O) groups is 4. The Morgan fingerprint density at radius 1 is 1.15 bits per heavy atom. The van der Waals surface area contributed by atoms with Crippen molar-refractivity contribution in [3.8, 4) is 0 Å². The molecule has 20 heavy (non-hydrogen) atoms. The number of aliphatic hydroxyl groups is 1. The summed E-state index contributed by atoms with van der Waals surface area (Å²) in [6, 6.07) is -3.19. The lowest BCUT2D eigenvalue weighted by Gasteiger charge is -2.29. The minimum Gasteiger partial charge on any atom is -0.480 e. The van der Waals surface area contributed by atoms with Crippen LogP contribution in [0.25, 0.3) is 0 Å². The summed E-state index contributed by atoms with van der Waals surface area (Å²) in [5.41, 5.74) is 2.11. The van der Waals surface area contributed by atoms with Gasteiger partial charge in [-0.2, -0.15) is 0 Å². The van der Waals surface area contributed by atoms with Gasteiger partial charge in [0.25, 0.3) is 0 Å². The highest BCUT2D eigenvalue weighted by atomic mass is 16.5. The van der Waals surface area contributed by atoms with Gasteiger partial charge in [-0.1, -0.05) is 0 Å². The lowest BCUT2D eigenvalue weighted by Crippen LogP contribution is -2.59. The van der Waals surface area contributed by atoms with Crippen molar-refractivity contribution >= 4 is 23.8 Å². The lowest BCUT2D eigenvalue weighted by atomic mass is 10.3. The zero-order valence-corrected chi connectivity index (χ0v) is 10.9. The summed E-state index contributed by atoms with van der Waals surface area (Å²) < 4.78 is 4.49. The van der Waals surface area contributed by atoms with Gasteiger partial charge < -0.3 is 20.1 Å². The predicted molar refractivity (Wildman–Crippen MR) is 62.2 cm³/mol. The smallest absolute Gasteiger partial charge is 0.330 e. The molecular formula is C10H16N2O8. The minimum atomic E-state index is -1.66. The number of nitrogens with one attached hydrogen (secondary N) is 1. The molecule has 0 aliphatic heterocycles. The van der Waals surface area contributed by atoms with Gasteiger partial charge in [0.05, 0.1) is 6.61 Å². The second kappa shape index (κ2) is 8.07. The van der Waals surface area contributed by atoms with Crippen LogP contribution in [-0.2, 0) is 23.9 Å². The summed E-state index contributed by atoms with van der Waals surface area (Å²) in [7, 11) is 0. The third kappa shape index (κ3) is 5.63. The molecule has 10 nitrogen and oxygen atoms in total. The second-order valence-electron chi connectivity index (χ2n) is 3.75. The third-order valence-electron chi connectivity index (χ3n) is 2.16. The molecule has 0 fully saturated rings. The number of aliphatic carboxylic acids is 2. The van der Waals surface area contributed by atoms with Crippen LogP contribution in [0.4, 0.5) is 0 Å². The van der Waals surface area contributed by atoms with Crippen molar-refractivity contribution in [3.63, 3.8) is 0 Å². The number of carboxylic acids is 2. The van der Waals surface area contributed by atoms with E-state index in [1.807, 2.05) is 0 Å². The van der Waals surface area contributed by atoms with E-state index in [1.54, 1.807) is 0 Å². The average Bonchev–Trinajstić information content (AvgIpc) is 2.31. The van der Waals surface area contributed by atoms with Crippen molar-refractivity contribution < 1.29 is 39.2 Å². The molecule has 0 heterocycles. The Morgan fingerprint density at radius 3 is 2.00 bits per heavy atom. The molecule has 0 unspecified atom stereocenters. The molecule has 0 aromatic heterocycles.